The van der Waals surface area contributed by atoms with Crippen LogP contribution in [0.15, 0.2) is 43.0 Å². The van der Waals surface area contributed by atoms with Gasteiger partial charge in [-0.1, -0.05) is 36.4 Å². The van der Waals surface area contributed by atoms with Gasteiger partial charge in [0.25, 0.3) is 6.43 Å². The molecule has 0 radical (unpaired) electrons. The molecule has 1 fully saturated rings. The van der Waals surface area contributed by atoms with Gasteiger partial charge in [0.15, 0.2) is 5.82 Å². The highest BCUT2D eigenvalue weighted by Gasteiger charge is 2.34. The second-order valence-electron chi connectivity index (χ2n) is 11.2. The Morgan fingerprint density at radius 2 is 1.82 bits per heavy atom. The number of aryl methyl sites for hydroxylation is 1. The van der Waals surface area contributed by atoms with E-state index in [1.54, 1.807) is 13.0 Å². The average Bonchev–Trinajstić information content (AvgIpc) is 3.35. The molecule has 0 N–H and O–H groups in total. The van der Waals surface area contributed by atoms with Crippen molar-refractivity contribution in [1.29, 1.82) is 0 Å². The van der Waals surface area contributed by atoms with Crippen molar-refractivity contribution in [3.05, 3.63) is 70.9 Å². The van der Waals surface area contributed by atoms with E-state index in [4.69, 9.17) is 9.84 Å². The second-order valence-corrected chi connectivity index (χ2v) is 11.2. The minimum atomic E-state index is -2.62. The molecule has 3 aliphatic rings. The summed E-state index contributed by atoms with van der Waals surface area (Å²) in [6.07, 6.45) is 1.61. The van der Waals surface area contributed by atoms with Crippen molar-refractivity contribution in [2.24, 2.45) is 0 Å². The lowest BCUT2D eigenvalue weighted by molar-refractivity contribution is -0.129. The molecule has 0 spiro atoms. The lowest BCUT2D eigenvalue weighted by atomic mass is 9.91. The van der Waals surface area contributed by atoms with Crippen LogP contribution in [0.2, 0.25) is 0 Å². The standard InChI is InChI=1S/C32H36F2N4O2/c1-20(2)22-6-8-23(9-7-22)26-17-24-5-4-13-37(30(24)18-27(26)31(33)34)32-28-19-36(21(3)39)14-10-29(28)38(35-32)25-11-15-40-16-12-25/h6-9,17-18,25,31H,1,4-5,10-16,19H2,2-3H3. The second kappa shape index (κ2) is 10.8. The fraction of sp³-hybridized carbons (Fsp3) is 0.438. The highest BCUT2D eigenvalue weighted by molar-refractivity contribution is 5.79. The molecule has 2 aromatic carbocycles. The third-order valence-electron chi connectivity index (χ3n) is 8.60. The predicted molar refractivity (Wildman–Crippen MR) is 153 cm³/mol. The van der Waals surface area contributed by atoms with Crippen LogP contribution < -0.4 is 4.90 Å². The van der Waals surface area contributed by atoms with Crippen molar-refractivity contribution >= 4 is 23.0 Å². The molecule has 6 nitrogen and oxygen atoms in total. The van der Waals surface area contributed by atoms with E-state index < -0.39 is 6.43 Å². The number of ether oxygens (including phenoxy) is 1. The number of hydrogen-bond donors (Lipinski definition) is 0. The monoisotopic (exact) mass is 546 g/mol. The first kappa shape index (κ1) is 26.7. The summed E-state index contributed by atoms with van der Waals surface area (Å²) in [4.78, 5) is 16.3. The maximum atomic E-state index is 14.6. The summed E-state index contributed by atoms with van der Waals surface area (Å²) in [5.74, 6) is 0.837. The van der Waals surface area contributed by atoms with Gasteiger partial charge >= 0.3 is 0 Å². The lowest BCUT2D eigenvalue weighted by Gasteiger charge is -2.33. The minimum Gasteiger partial charge on any atom is -0.381 e. The van der Waals surface area contributed by atoms with Crippen molar-refractivity contribution in [1.82, 2.24) is 14.7 Å². The molecule has 0 bridgehead atoms. The zero-order chi connectivity index (χ0) is 28.0. The summed E-state index contributed by atoms with van der Waals surface area (Å²) in [5, 5.41) is 5.17. The Hall–Kier alpha value is -3.52. The number of nitrogens with zero attached hydrogens (tertiary/aromatic N) is 4. The van der Waals surface area contributed by atoms with Crippen LogP contribution in [0.5, 0.6) is 0 Å². The van der Waals surface area contributed by atoms with E-state index in [1.165, 1.54) is 0 Å². The Kier molecular flexibility index (Phi) is 7.21. The number of hydrogen-bond acceptors (Lipinski definition) is 4. The Morgan fingerprint density at radius 3 is 2.50 bits per heavy atom. The van der Waals surface area contributed by atoms with Gasteiger partial charge < -0.3 is 14.5 Å². The smallest absolute Gasteiger partial charge is 0.264 e. The van der Waals surface area contributed by atoms with Crippen molar-refractivity contribution < 1.29 is 18.3 Å². The minimum absolute atomic E-state index is 0.0248. The molecule has 0 aliphatic carbocycles. The summed E-state index contributed by atoms with van der Waals surface area (Å²) in [6, 6.07) is 11.5. The normalized spacial score (nSPS) is 17.6. The number of anilines is 2. The van der Waals surface area contributed by atoms with Crippen molar-refractivity contribution in [3.8, 4) is 11.1 Å². The number of rotatable bonds is 5. The van der Waals surface area contributed by atoms with Crippen LogP contribution in [0.1, 0.15) is 73.5 Å². The van der Waals surface area contributed by atoms with Gasteiger partial charge in [-0.2, -0.15) is 5.10 Å². The lowest BCUT2D eigenvalue weighted by Crippen LogP contribution is -2.36. The molecule has 3 aliphatic heterocycles. The summed E-state index contributed by atoms with van der Waals surface area (Å²) in [7, 11) is 0. The van der Waals surface area contributed by atoms with Crippen LogP contribution in [0.4, 0.5) is 20.3 Å². The fourth-order valence-corrected chi connectivity index (χ4v) is 6.38. The van der Waals surface area contributed by atoms with Gasteiger partial charge in [-0.25, -0.2) is 8.78 Å². The molecule has 0 saturated carbocycles. The number of carbonyl (C=O) groups excluding carboxylic acids is 1. The number of carbonyl (C=O) groups is 1. The zero-order valence-electron chi connectivity index (χ0n) is 23.3. The van der Waals surface area contributed by atoms with E-state index in [0.717, 1.165) is 77.1 Å². The van der Waals surface area contributed by atoms with Gasteiger partial charge in [0.05, 0.1) is 12.6 Å². The number of benzene rings is 2. The van der Waals surface area contributed by atoms with Crippen LogP contribution in [0, 0.1) is 0 Å². The molecule has 1 amide bonds. The van der Waals surface area contributed by atoms with Crippen LogP contribution in [-0.2, 0) is 28.9 Å². The van der Waals surface area contributed by atoms with Crippen LogP contribution in [-0.4, -0.2) is 46.9 Å². The maximum Gasteiger partial charge on any atom is 0.264 e. The topological polar surface area (TPSA) is 50.6 Å². The van der Waals surface area contributed by atoms with Gasteiger partial charge in [0.1, 0.15) is 0 Å². The third kappa shape index (κ3) is 4.83. The van der Waals surface area contributed by atoms with E-state index in [-0.39, 0.29) is 17.5 Å². The Labute approximate surface area is 234 Å². The van der Waals surface area contributed by atoms with Gasteiger partial charge in [-0.3, -0.25) is 9.48 Å². The fourth-order valence-electron chi connectivity index (χ4n) is 6.38. The Balaban J connectivity index is 1.45. The molecule has 4 heterocycles. The molecular weight excluding hydrogens is 510 g/mol. The van der Waals surface area contributed by atoms with Gasteiger partial charge in [0, 0.05) is 62.2 Å². The van der Waals surface area contributed by atoms with E-state index in [9.17, 15) is 13.6 Å². The molecule has 210 valence electrons. The molecule has 3 aromatic rings. The molecule has 40 heavy (non-hydrogen) atoms. The molecule has 1 aromatic heterocycles. The third-order valence-corrected chi connectivity index (χ3v) is 8.60. The predicted octanol–water partition coefficient (Wildman–Crippen LogP) is 6.86. The number of amides is 1. The van der Waals surface area contributed by atoms with E-state index in [0.29, 0.717) is 38.4 Å². The average molecular weight is 547 g/mol. The first-order valence-electron chi connectivity index (χ1n) is 14.2. The van der Waals surface area contributed by atoms with Gasteiger partial charge in [-0.15, -0.1) is 0 Å². The quantitative estimate of drug-likeness (QED) is 0.351. The maximum absolute atomic E-state index is 14.6. The van der Waals surface area contributed by atoms with Gasteiger partial charge in [0.2, 0.25) is 5.91 Å². The van der Waals surface area contributed by atoms with Gasteiger partial charge in [-0.05, 0) is 67.0 Å². The summed E-state index contributed by atoms with van der Waals surface area (Å²) < 4.78 is 36.9. The summed E-state index contributed by atoms with van der Waals surface area (Å²) >= 11 is 0. The zero-order valence-corrected chi connectivity index (χ0v) is 23.3. The summed E-state index contributed by atoms with van der Waals surface area (Å²) in [5.41, 5.74) is 7.35. The largest absolute Gasteiger partial charge is 0.381 e. The summed E-state index contributed by atoms with van der Waals surface area (Å²) in [6.45, 7) is 10.8. The van der Waals surface area contributed by atoms with Crippen molar-refractivity contribution in [2.45, 2.75) is 65.0 Å². The number of allylic oxidation sites excluding steroid dienone is 1. The first-order valence-corrected chi connectivity index (χ1v) is 14.2. The van der Waals surface area contributed by atoms with E-state index in [1.807, 2.05) is 42.2 Å². The Morgan fingerprint density at radius 1 is 1.07 bits per heavy atom. The van der Waals surface area contributed by atoms with Crippen LogP contribution >= 0.6 is 0 Å². The number of alkyl halides is 2. The molecule has 0 atom stereocenters. The van der Waals surface area contributed by atoms with Crippen LogP contribution in [0.25, 0.3) is 16.7 Å². The highest BCUT2D eigenvalue weighted by atomic mass is 19.3. The molecule has 6 rings (SSSR count). The van der Waals surface area contributed by atoms with Crippen molar-refractivity contribution in [2.75, 3.05) is 31.2 Å². The molecule has 1 saturated heterocycles. The van der Waals surface area contributed by atoms with Crippen molar-refractivity contribution in [3.63, 3.8) is 0 Å². The molecule has 0 unspecified atom stereocenters. The van der Waals surface area contributed by atoms with E-state index in [2.05, 4.69) is 16.2 Å². The van der Waals surface area contributed by atoms with E-state index >= 15 is 0 Å². The van der Waals surface area contributed by atoms with Crippen LogP contribution in [0.3, 0.4) is 0 Å². The SMILES string of the molecule is C=C(C)c1ccc(-c2cc3c(cc2C(F)F)N(c2nn(C4CCOCC4)c4c2CN(C(C)=O)CC4)CCC3)cc1. The number of halogens is 2. The Bertz CT molecular complexity index is 1440. The molecule has 8 heteroatoms. The first-order chi connectivity index (χ1) is 19.3. The molecular formula is C32H36F2N4O2. The number of fused-ring (bicyclic) bond motifs is 2. The highest BCUT2D eigenvalue weighted by Crippen LogP contribution is 2.43. The number of aromatic nitrogens is 2.